The summed E-state index contributed by atoms with van der Waals surface area (Å²) in [4.78, 5) is 27.3. The van der Waals surface area contributed by atoms with Gasteiger partial charge >= 0.3 is 0 Å². The van der Waals surface area contributed by atoms with Gasteiger partial charge in [-0.2, -0.15) is 0 Å². The molecule has 0 spiro atoms. The molecule has 4 nitrogen and oxygen atoms in total. The Morgan fingerprint density at radius 3 is 1.18 bits per heavy atom. The quantitative estimate of drug-likeness (QED) is 0.665. The van der Waals surface area contributed by atoms with Gasteiger partial charge in [0.15, 0.2) is 0 Å². The van der Waals surface area contributed by atoms with E-state index in [2.05, 4.69) is 0 Å². The van der Waals surface area contributed by atoms with Crippen LogP contribution in [-0.2, 0) is 0 Å². The maximum atomic E-state index is 11.4. The molecule has 2 aromatic rings. The van der Waals surface area contributed by atoms with Crippen LogP contribution in [0, 0.1) is 0 Å². The van der Waals surface area contributed by atoms with E-state index in [9.17, 15) is 9.59 Å². The van der Waals surface area contributed by atoms with Gasteiger partial charge in [-0.05, 0) is 0 Å². The molecule has 2 aliphatic rings. The zero-order valence-corrected chi connectivity index (χ0v) is 14.9. The molecule has 0 bridgehead atoms. The fourth-order valence-corrected chi connectivity index (χ4v) is 7.43. The highest BCUT2D eigenvalue weighted by Gasteiger charge is 2.29. The first-order valence-electron chi connectivity index (χ1n) is 6.43. The van der Waals surface area contributed by atoms with Gasteiger partial charge in [-0.15, -0.1) is 0 Å². The smallest absolute Gasteiger partial charge is 0.227 e. The lowest BCUT2D eigenvalue weighted by atomic mass is 10.7. The summed E-state index contributed by atoms with van der Waals surface area (Å²) in [7, 11) is 0. The second-order valence-corrected chi connectivity index (χ2v) is 9.53. The van der Waals surface area contributed by atoms with Gasteiger partial charge in [-0.3, -0.25) is 18.7 Å². The highest BCUT2D eigenvalue weighted by molar-refractivity contribution is 8.30. The minimum absolute atomic E-state index is 0.0311. The molecular weight excluding hydrogens is 356 g/mol. The summed E-state index contributed by atoms with van der Waals surface area (Å²) < 4.78 is 5.76. The van der Waals surface area contributed by atoms with E-state index in [1.807, 2.05) is 24.8 Å². The molecule has 8 heteroatoms. The number of aromatic nitrogens is 2. The van der Waals surface area contributed by atoms with Crippen molar-refractivity contribution in [2.24, 2.45) is 0 Å². The zero-order chi connectivity index (χ0) is 15.4. The van der Waals surface area contributed by atoms with E-state index in [-0.39, 0.29) is 11.8 Å². The van der Waals surface area contributed by atoms with Crippen LogP contribution in [0.15, 0.2) is 52.8 Å². The van der Waals surface area contributed by atoms with Gasteiger partial charge in [0.05, 0.1) is 8.47 Å². The lowest BCUT2D eigenvalue weighted by Gasteiger charge is -2.02. The number of rotatable bonds is 0. The van der Waals surface area contributed by atoms with Gasteiger partial charge in [0, 0.05) is 58.2 Å². The molecule has 0 saturated carbocycles. The number of carbonyl (C=O) groups excluding carboxylic acids is 2. The molecule has 0 aromatic carbocycles. The Kier molecular flexibility index (Phi) is 3.52. The van der Waals surface area contributed by atoms with Gasteiger partial charge in [0.2, 0.25) is 11.8 Å². The van der Waals surface area contributed by atoms with Crippen LogP contribution in [0.4, 0.5) is 0 Å². The van der Waals surface area contributed by atoms with Crippen LogP contribution in [0.2, 0.25) is 0 Å². The second kappa shape index (κ2) is 5.30. The molecule has 0 N–H and O–H groups in total. The molecule has 0 amide bonds. The van der Waals surface area contributed by atoms with Crippen molar-refractivity contribution in [3.63, 3.8) is 0 Å². The number of hydrogen-bond acceptors (Lipinski definition) is 6. The van der Waals surface area contributed by atoms with E-state index < -0.39 is 0 Å². The zero-order valence-electron chi connectivity index (χ0n) is 11.7. The first-order valence-corrected chi connectivity index (χ1v) is 9.69. The number of thioether (sulfide) groups is 4. The molecule has 22 heavy (non-hydrogen) atoms. The Morgan fingerprint density at radius 1 is 0.682 bits per heavy atom. The van der Waals surface area contributed by atoms with E-state index in [0.717, 1.165) is 19.6 Å². The van der Waals surface area contributed by atoms with Gasteiger partial charge in [-0.25, -0.2) is 0 Å². The average Bonchev–Trinajstić information content (AvgIpc) is 3.14. The van der Waals surface area contributed by atoms with Crippen LogP contribution >= 0.6 is 47.0 Å². The SMILES string of the molecule is CC(=O)n1cc2c(c1)SC(=C1Sc3cn(C(C)=O)cc3S1)S2. The third-order valence-electron chi connectivity index (χ3n) is 3.22. The Balaban J connectivity index is 1.57. The van der Waals surface area contributed by atoms with Crippen LogP contribution in [0.5, 0.6) is 0 Å². The van der Waals surface area contributed by atoms with E-state index >= 15 is 0 Å². The molecule has 0 radical (unpaired) electrons. The largest absolute Gasteiger partial charge is 0.293 e. The highest BCUT2D eigenvalue weighted by atomic mass is 32.2. The van der Waals surface area contributed by atoms with Crippen molar-refractivity contribution in [2.75, 3.05) is 0 Å². The number of carbonyl (C=O) groups is 2. The molecule has 0 saturated heterocycles. The first-order chi connectivity index (χ1) is 10.5. The molecule has 4 heterocycles. The summed E-state index contributed by atoms with van der Waals surface area (Å²) in [5, 5.41) is 0. The van der Waals surface area contributed by atoms with E-state index in [1.165, 1.54) is 8.47 Å². The summed E-state index contributed by atoms with van der Waals surface area (Å²) in [6.45, 7) is 3.13. The molecule has 0 unspecified atom stereocenters. The van der Waals surface area contributed by atoms with Crippen LogP contribution in [0.25, 0.3) is 0 Å². The van der Waals surface area contributed by atoms with E-state index in [0.29, 0.717) is 0 Å². The second-order valence-electron chi connectivity index (χ2n) is 4.81. The maximum absolute atomic E-state index is 11.4. The summed E-state index contributed by atoms with van der Waals surface area (Å²) in [6.07, 6.45) is 7.57. The molecule has 0 atom stereocenters. The molecule has 4 rings (SSSR count). The summed E-state index contributed by atoms with van der Waals surface area (Å²) in [5.74, 6) is 0.0622. The number of hydrogen-bond donors (Lipinski definition) is 0. The van der Waals surface area contributed by atoms with Gasteiger partial charge < -0.3 is 0 Å². The molecule has 0 aliphatic carbocycles. The number of nitrogens with zero attached hydrogens (tertiary/aromatic N) is 2. The first kappa shape index (κ1) is 14.6. The fourth-order valence-electron chi connectivity index (χ4n) is 2.11. The fraction of sp³-hybridized carbons (Fsp3) is 0.143. The topological polar surface area (TPSA) is 44.0 Å². The predicted octanol–water partition coefficient (Wildman–Crippen LogP) is 4.83. The lowest BCUT2D eigenvalue weighted by Crippen LogP contribution is -2.01. The predicted molar refractivity (Wildman–Crippen MR) is 91.9 cm³/mol. The normalized spacial score (nSPS) is 16.1. The maximum Gasteiger partial charge on any atom is 0.227 e. The van der Waals surface area contributed by atoms with Gasteiger partial charge in [-0.1, -0.05) is 47.0 Å². The molecule has 0 fully saturated rings. The van der Waals surface area contributed by atoms with Crippen LogP contribution in [0.3, 0.4) is 0 Å². The summed E-state index contributed by atoms with van der Waals surface area (Å²) >= 11 is 6.84. The summed E-state index contributed by atoms with van der Waals surface area (Å²) in [5.41, 5.74) is 0. The summed E-state index contributed by atoms with van der Waals surface area (Å²) in [6, 6.07) is 0. The van der Waals surface area contributed by atoms with Gasteiger partial charge in [0.25, 0.3) is 0 Å². The van der Waals surface area contributed by atoms with Crippen LogP contribution in [0.1, 0.15) is 23.4 Å². The monoisotopic (exact) mass is 366 g/mol. The molecular formula is C14H10N2O2S4. The average molecular weight is 367 g/mol. The van der Waals surface area contributed by atoms with Crippen molar-refractivity contribution in [1.29, 1.82) is 0 Å². The Hall–Kier alpha value is -0.960. The molecule has 2 aromatic heterocycles. The van der Waals surface area contributed by atoms with Crippen LogP contribution < -0.4 is 0 Å². The lowest BCUT2D eigenvalue weighted by molar-refractivity contribution is 0.0927. The number of fused-ring (bicyclic) bond motifs is 2. The van der Waals surface area contributed by atoms with Crippen molar-refractivity contribution in [1.82, 2.24) is 9.13 Å². The molecule has 112 valence electrons. The Labute approximate surface area is 144 Å². The minimum Gasteiger partial charge on any atom is -0.293 e. The standard InChI is InChI=1S/C14H10N2O2S4/c1-7(17)15-3-9-10(4-15)20-13(19-9)14-21-11-5-16(8(2)18)6-12(11)22-14/h3-6H,1-2H3. The Bertz CT molecular complexity index is 741. The minimum atomic E-state index is 0.0311. The van der Waals surface area contributed by atoms with E-state index in [1.54, 1.807) is 70.0 Å². The van der Waals surface area contributed by atoms with Crippen molar-refractivity contribution >= 4 is 58.9 Å². The molecule has 2 aliphatic heterocycles. The van der Waals surface area contributed by atoms with Crippen LogP contribution in [-0.4, -0.2) is 20.9 Å². The van der Waals surface area contributed by atoms with Crippen molar-refractivity contribution in [3.8, 4) is 0 Å². The third-order valence-corrected chi connectivity index (χ3v) is 8.73. The van der Waals surface area contributed by atoms with Crippen molar-refractivity contribution < 1.29 is 9.59 Å². The Morgan fingerprint density at radius 2 is 0.955 bits per heavy atom. The third kappa shape index (κ3) is 2.38. The van der Waals surface area contributed by atoms with Crippen molar-refractivity contribution in [2.45, 2.75) is 33.4 Å². The van der Waals surface area contributed by atoms with E-state index in [4.69, 9.17) is 0 Å². The van der Waals surface area contributed by atoms with Gasteiger partial charge in [0.1, 0.15) is 0 Å². The highest BCUT2D eigenvalue weighted by Crippen LogP contribution is 2.61. The van der Waals surface area contributed by atoms with Crippen molar-refractivity contribution in [3.05, 3.63) is 33.3 Å².